The summed E-state index contributed by atoms with van der Waals surface area (Å²) in [4.78, 5) is 37.0. The summed E-state index contributed by atoms with van der Waals surface area (Å²) in [7, 11) is 1.53. The number of carbonyl (C=O) groups is 2. The molecule has 2 amide bonds. The highest BCUT2D eigenvalue weighted by molar-refractivity contribution is 5.94. The van der Waals surface area contributed by atoms with Crippen molar-refractivity contribution in [3.63, 3.8) is 0 Å². The number of methoxy groups -OCH3 is 1. The summed E-state index contributed by atoms with van der Waals surface area (Å²) < 4.78 is 39.6. The minimum atomic E-state index is -3.42. The number of benzene rings is 1. The minimum absolute atomic E-state index is 0.00656. The van der Waals surface area contributed by atoms with Crippen LogP contribution in [0.1, 0.15) is 29.9 Å². The molecule has 2 aliphatic rings. The van der Waals surface area contributed by atoms with Crippen molar-refractivity contribution in [3.05, 3.63) is 60.0 Å². The Morgan fingerprint density at radius 2 is 2.02 bits per heavy atom. The molecule has 11 nitrogen and oxygen atoms in total. The molecule has 1 aliphatic carbocycles. The zero-order valence-corrected chi connectivity index (χ0v) is 21.3. The molecular formula is C27H24F2N6O5. The second-order valence-corrected chi connectivity index (χ2v) is 9.54. The highest BCUT2D eigenvalue weighted by Gasteiger charge is 2.48. The van der Waals surface area contributed by atoms with E-state index in [4.69, 9.17) is 14.6 Å². The summed E-state index contributed by atoms with van der Waals surface area (Å²) in [6, 6.07) is 11.5. The van der Waals surface area contributed by atoms with Gasteiger partial charge in [-0.2, -0.15) is 5.26 Å². The summed E-state index contributed by atoms with van der Waals surface area (Å²) in [6.45, 7) is -1.09. The SMILES string of the molecule is COc1ccc([C@@H]2C[C@H]2C(=O)Nc2cc(-c3ccc(O[C@H]4CCN(C(=O)O)CC4(F)F)c(C#N)c3)ncn2)cn1. The van der Waals surface area contributed by atoms with Gasteiger partial charge >= 0.3 is 12.0 Å². The maximum Gasteiger partial charge on any atom is 0.407 e. The maximum absolute atomic E-state index is 14.5. The summed E-state index contributed by atoms with van der Waals surface area (Å²) in [5.41, 5.74) is 1.84. The molecule has 1 aliphatic heterocycles. The second-order valence-electron chi connectivity index (χ2n) is 9.54. The van der Waals surface area contributed by atoms with Gasteiger partial charge in [-0.1, -0.05) is 6.07 Å². The van der Waals surface area contributed by atoms with Crippen molar-refractivity contribution < 1.29 is 33.0 Å². The highest BCUT2D eigenvalue weighted by Crippen LogP contribution is 2.48. The van der Waals surface area contributed by atoms with Crippen LogP contribution < -0.4 is 14.8 Å². The fourth-order valence-electron chi connectivity index (χ4n) is 4.65. The second kappa shape index (κ2) is 10.7. The van der Waals surface area contributed by atoms with Gasteiger partial charge in [-0.25, -0.2) is 28.5 Å². The van der Waals surface area contributed by atoms with Crippen LogP contribution in [0.25, 0.3) is 11.3 Å². The average molecular weight is 551 g/mol. The number of carboxylic acid groups (broad SMARTS) is 1. The number of rotatable bonds is 7. The van der Waals surface area contributed by atoms with Crippen LogP contribution in [-0.2, 0) is 4.79 Å². The van der Waals surface area contributed by atoms with Crippen molar-refractivity contribution >= 4 is 17.8 Å². The van der Waals surface area contributed by atoms with E-state index < -0.39 is 24.7 Å². The number of piperidine rings is 1. The van der Waals surface area contributed by atoms with Crippen molar-refractivity contribution in [3.8, 4) is 29.0 Å². The van der Waals surface area contributed by atoms with E-state index in [1.807, 2.05) is 12.1 Å². The lowest BCUT2D eigenvalue weighted by molar-refractivity contribution is -0.133. The number of amides is 2. The number of nitriles is 1. The molecule has 0 unspecified atom stereocenters. The van der Waals surface area contributed by atoms with Crippen LogP contribution in [0.4, 0.5) is 19.4 Å². The summed E-state index contributed by atoms with van der Waals surface area (Å²) in [5, 5.41) is 21.5. The predicted molar refractivity (Wildman–Crippen MR) is 136 cm³/mol. The minimum Gasteiger partial charge on any atom is -0.483 e. The largest absolute Gasteiger partial charge is 0.483 e. The van der Waals surface area contributed by atoms with E-state index in [0.717, 1.165) is 5.56 Å². The van der Waals surface area contributed by atoms with Gasteiger partial charge in [-0.05, 0) is 36.1 Å². The third-order valence-corrected chi connectivity index (χ3v) is 6.91. The van der Waals surface area contributed by atoms with Gasteiger partial charge in [0, 0.05) is 42.8 Å². The topological polar surface area (TPSA) is 151 Å². The third kappa shape index (κ3) is 5.61. The molecule has 13 heteroatoms. The number of pyridine rings is 1. The van der Waals surface area contributed by atoms with E-state index in [0.29, 0.717) is 28.5 Å². The molecule has 0 spiro atoms. The van der Waals surface area contributed by atoms with E-state index in [1.165, 1.54) is 25.6 Å². The van der Waals surface area contributed by atoms with Gasteiger partial charge < -0.3 is 24.8 Å². The monoisotopic (exact) mass is 550 g/mol. The molecule has 40 heavy (non-hydrogen) atoms. The lowest BCUT2D eigenvalue weighted by atomic mass is 10.0. The quantitative estimate of drug-likeness (QED) is 0.446. The van der Waals surface area contributed by atoms with E-state index in [1.54, 1.807) is 24.4 Å². The molecule has 1 saturated carbocycles. The molecule has 5 rings (SSSR count). The molecule has 0 radical (unpaired) electrons. The van der Waals surface area contributed by atoms with Crippen LogP contribution in [0, 0.1) is 17.2 Å². The molecule has 3 atom stereocenters. The molecule has 3 aromatic rings. The Hall–Kier alpha value is -4.86. The number of halogens is 2. The zero-order valence-electron chi connectivity index (χ0n) is 21.3. The number of anilines is 1. The van der Waals surface area contributed by atoms with Gasteiger partial charge in [0.1, 0.15) is 24.0 Å². The highest BCUT2D eigenvalue weighted by atomic mass is 19.3. The van der Waals surface area contributed by atoms with Crippen LogP contribution in [-0.4, -0.2) is 69.2 Å². The zero-order chi connectivity index (χ0) is 28.4. The number of hydrogen-bond donors (Lipinski definition) is 2. The molecule has 2 aromatic heterocycles. The number of ether oxygens (including phenoxy) is 2. The van der Waals surface area contributed by atoms with Gasteiger partial charge in [0.15, 0.2) is 6.10 Å². The first-order valence-corrected chi connectivity index (χ1v) is 12.4. The fourth-order valence-corrected chi connectivity index (χ4v) is 4.65. The third-order valence-electron chi connectivity index (χ3n) is 6.91. The summed E-state index contributed by atoms with van der Waals surface area (Å²) >= 11 is 0. The predicted octanol–water partition coefficient (Wildman–Crippen LogP) is 3.93. The Kier molecular flexibility index (Phi) is 7.17. The van der Waals surface area contributed by atoms with Crippen LogP contribution in [0.15, 0.2) is 48.9 Å². The smallest absolute Gasteiger partial charge is 0.407 e. The lowest BCUT2D eigenvalue weighted by Gasteiger charge is -2.36. The number of alkyl halides is 2. The van der Waals surface area contributed by atoms with E-state index >= 15 is 0 Å². The summed E-state index contributed by atoms with van der Waals surface area (Å²) in [5.74, 6) is -3.07. The first-order valence-electron chi connectivity index (χ1n) is 12.4. The van der Waals surface area contributed by atoms with Crippen LogP contribution in [0.2, 0.25) is 0 Å². The molecule has 206 valence electrons. The Balaban J connectivity index is 1.26. The number of nitrogens with one attached hydrogen (secondary N) is 1. The average Bonchev–Trinajstić information content (AvgIpc) is 3.75. The Bertz CT molecular complexity index is 1480. The molecule has 3 heterocycles. The number of aromatic nitrogens is 3. The molecule has 1 saturated heterocycles. The van der Waals surface area contributed by atoms with Gasteiger partial charge in [-0.15, -0.1) is 0 Å². The maximum atomic E-state index is 14.5. The Morgan fingerprint density at radius 1 is 1.20 bits per heavy atom. The molecule has 1 aromatic carbocycles. The normalized spacial score (nSPS) is 21.1. The first kappa shape index (κ1) is 26.7. The fraction of sp³-hybridized carbons (Fsp3) is 0.333. The number of likely N-dealkylation sites (tertiary alicyclic amines) is 1. The summed E-state index contributed by atoms with van der Waals surface area (Å²) in [6.07, 6.45) is 0.418. The van der Waals surface area contributed by atoms with Crippen molar-refractivity contribution in [2.45, 2.75) is 30.8 Å². The molecular weight excluding hydrogens is 526 g/mol. The lowest BCUT2D eigenvalue weighted by Crippen LogP contribution is -2.55. The van der Waals surface area contributed by atoms with Crippen molar-refractivity contribution in [2.24, 2.45) is 5.92 Å². The Labute approximate surface area is 227 Å². The number of carbonyl (C=O) groups excluding carboxylic acids is 1. The van der Waals surface area contributed by atoms with Crippen LogP contribution in [0.3, 0.4) is 0 Å². The van der Waals surface area contributed by atoms with Gasteiger partial charge in [-0.3, -0.25) is 4.79 Å². The van der Waals surface area contributed by atoms with Gasteiger partial charge in [0.25, 0.3) is 0 Å². The Morgan fingerprint density at radius 3 is 2.70 bits per heavy atom. The first-order chi connectivity index (χ1) is 19.2. The van der Waals surface area contributed by atoms with Crippen molar-refractivity contribution in [2.75, 3.05) is 25.5 Å². The molecule has 2 fully saturated rings. The number of hydrogen-bond acceptors (Lipinski definition) is 8. The number of nitrogens with zero attached hydrogens (tertiary/aromatic N) is 5. The van der Waals surface area contributed by atoms with Crippen LogP contribution >= 0.6 is 0 Å². The van der Waals surface area contributed by atoms with Gasteiger partial charge in [0.2, 0.25) is 11.8 Å². The van der Waals surface area contributed by atoms with Gasteiger partial charge in [0.05, 0.1) is 24.9 Å². The standard InChI is InChI=1S/C27H24F2N6O5/c1-39-24-5-3-16(12-31-24)18-9-19(18)25(36)34-23-10-20(32-14-33-23)15-2-4-21(17(8-15)11-30)40-22-6-7-35(26(37)38)13-27(22,28)29/h2-5,8,10,12,14,18-19,22H,6-7,9,13H2,1H3,(H,37,38)(H,32,33,34,36)/t18-,19+,22-/m0/s1. The van der Waals surface area contributed by atoms with E-state index in [-0.39, 0.29) is 47.8 Å². The molecule has 2 N–H and O–H groups in total. The molecule has 0 bridgehead atoms. The van der Waals surface area contributed by atoms with E-state index in [2.05, 4.69) is 20.3 Å². The van der Waals surface area contributed by atoms with Crippen molar-refractivity contribution in [1.82, 2.24) is 19.9 Å². The van der Waals surface area contributed by atoms with Crippen molar-refractivity contribution in [1.29, 1.82) is 5.26 Å². The van der Waals surface area contributed by atoms with Crippen LogP contribution in [0.5, 0.6) is 11.6 Å². The van der Waals surface area contributed by atoms with E-state index in [9.17, 15) is 23.6 Å².